The molecule has 14 nitrogen and oxygen atoms in total. The number of fused-ring (bicyclic) bond motifs is 1. The van der Waals surface area contributed by atoms with Crippen LogP contribution in [-0.4, -0.2) is 79.0 Å². The van der Waals surface area contributed by atoms with Crippen molar-refractivity contribution in [2.75, 3.05) is 29.9 Å². The van der Waals surface area contributed by atoms with Crippen LogP contribution < -0.4 is 31.5 Å². The molecular weight excluding hydrogens is 778 g/mol. The van der Waals surface area contributed by atoms with E-state index in [1.165, 1.54) is 11.3 Å². The third-order valence-corrected chi connectivity index (χ3v) is 11.7. The average Bonchev–Trinajstić information content (AvgIpc) is 3.41. The maximum absolute atomic E-state index is 13.2. The molecule has 308 valence electrons. The molecule has 58 heavy (non-hydrogen) atoms. The number of hydrogen-bond acceptors (Lipinski definition) is 11. The van der Waals surface area contributed by atoms with Crippen molar-refractivity contribution in [2.45, 2.75) is 97.2 Å². The molecule has 3 heterocycles. The molecule has 3 aromatic rings. The van der Waals surface area contributed by atoms with E-state index in [9.17, 15) is 24.0 Å². The number of unbranched alkanes of at least 4 members (excludes halogenated alkanes) is 5. The lowest BCUT2D eigenvalue weighted by Crippen LogP contribution is -2.50. The summed E-state index contributed by atoms with van der Waals surface area (Å²) in [7, 11) is 0. The molecule has 0 bridgehead atoms. The number of nitrogens with zero attached hydrogens (tertiary/aromatic N) is 2. The van der Waals surface area contributed by atoms with E-state index < -0.39 is 12.1 Å². The van der Waals surface area contributed by atoms with Gasteiger partial charge in [-0.3, -0.25) is 50.0 Å². The minimum Gasteiger partial charge on any atom is -0.376 e. The Morgan fingerprint density at radius 3 is 2.33 bits per heavy atom. The molecule has 2 aliphatic heterocycles. The fraction of sp³-hybridized carbons (Fsp3) is 0.429. The second-order valence-electron chi connectivity index (χ2n) is 14.5. The first-order valence-electron chi connectivity index (χ1n) is 19.7. The van der Waals surface area contributed by atoms with Crippen LogP contribution >= 0.6 is 22.9 Å². The van der Waals surface area contributed by atoms with Gasteiger partial charge in [-0.25, -0.2) is 0 Å². The van der Waals surface area contributed by atoms with Crippen LogP contribution in [0.3, 0.4) is 0 Å². The van der Waals surface area contributed by atoms with Gasteiger partial charge in [0.05, 0.1) is 24.7 Å². The van der Waals surface area contributed by atoms with Gasteiger partial charge in [0, 0.05) is 58.3 Å². The Balaban J connectivity index is 0.998. The van der Waals surface area contributed by atoms with Gasteiger partial charge in [0.1, 0.15) is 29.0 Å². The van der Waals surface area contributed by atoms with Crippen LogP contribution in [0.25, 0.3) is 0 Å². The van der Waals surface area contributed by atoms with E-state index in [1.54, 1.807) is 42.2 Å². The highest BCUT2D eigenvalue weighted by Crippen LogP contribution is 2.40. The molecule has 1 aromatic heterocycles. The maximum atomic E-state index is 13.2. The maximum Gasteiger partial charge on any atom is 0.243 e. The van der Waals surface area contributed by atoms with Crippen molar-refractivity contribution in [3.05, 3.63) is 80.2 Å². The summed E-state index contributed by atoms with van der Waals surface area (Å²) in [5.41, 5.74) is 5.12. The Morgan fingerprint density at radius 1 is 1.00 bits per heavy atom. The fourth-order valence-corrected chi connectivity index (χ4v) is 8.33. The highest BCUT2D eigenvalue weighted by molar-refractivity contribution is 7.17. The van der Waals surface area contributed by atoms with E-state index in [4.69, 9.17) is 27.4 Å². The van der Waals surface area contributed by atoms with Crippen molar-refractivity contribution in [1.29, 1.82) is 10.8 Å². The Hall–Kier alpha value is -5.25. The molecule has 16 heteroatoms. The second-order valence-corrected chi connectivity index (χ2v) is 16.2. The number of aryl methyl sites for hydroxylation is 1. The van der Waals surface area contributed by atoms with E-state index in [2.05, 4.69) is 26.6 Å². The third-order valence-electron chi connectivity index (χ3n) is 10.3. The van der Waals surface area contributed by atoms with Gasteiger partial charge < -0.3 is 21.3 Å². The zero-order valence-corrected chi connectivity index (χ0v) is 34.8. The lowest BCUT2D eigenvalue weighted by molar-refractivity contribution is -0.134. The van der Waals surface area contributed by atoms with Crippen LogP contribution in [0.4, 0.5) is 10.7 Å². The topological polar surface area (TPSA) is 209 Å². The zero-order valence-electron chi connectivity index (χ0n) is 33.2. The predicted molar refractivity (Wildman–Crippen MR) is 230 cm³/mol. The third kappa shape index (κ3) is 11.4. The first-order valence-corrected chi connectivity index (χ1v) is 20.9. The van der Waals surface area contributed by atoms with Gasteiger partial charge in [0.15, 0.2) is 0 Å². The number of carbonyl (C=O) groups is 5. The standard InChI is InChI=1S/C42H52ClN9O5S/c1-25-26(2)58-42-38(25)39(28-13-15-30(43)16-14-28)50-34(40(45)52(42)27(3)44)21-36(55)46-19-8-6-4-5-7-9-20-47-37(56)23-49-32-12-10-11-29(24-53)31(32)22-48-33-17-18-35(54)51-41(33)57/h10-16,24,33-34,44-45,48-49H,4-9,17-23H2,1-3H3,(H,46,55)(H,47,56)(H,51,54,57)/t33?,34-/m0/s1. The summed E-state index contributed by atoms with van der Waals surface area (Å²) < 4.78 is 0. The molecule has 0 spiro atoms. The number of aliphatic imine (C=N–C) groups is 1. The monoisotopic (exact) mass is 829 g/mol. The van der Waals surface area contributed by atoms with Gasteiger partial charge in [-0.05, 0) is 69.4 Å². The number of halogens is 1. The Morgan fingerprint density at radius 2 is 1.67 bits per heavy atom. The van der Waals surface area contributed by atoms with Crippen molar-refractivity contribution in [3.8, 4) is 0 Å². The highest BCUT2D eigenvalue weighted by Gasteiger charge is 2.35. The van der Waals surface area contributed by atoms with Crippen molar-refractivity contribution in [2.24, 2.45) is 4.99 Å². The van der Waals surface area contributed by atoms with E-state index >= 15 is 0 Å². The summed E-state index contributed by atoms with van der Waals surface area (Å²) in [5.74, 6) is -0.779. The highest BCUT2D eigenvalue weighted by atomic mass is 35.5. The predicted octanol–water partition coefficient (Wildman–Crippen LogP) is 5.80. The van der Waals surface area contributed by atoms with E-state index in [0.717, 1.165) is 71.4 Å². The Labute approximate surface area is 348 Å². The lowest BCUT2D eigenvalue weighted by Gasteiger charge is -2.24. The number of thiophene rings is 1. The number of amides is 4. The molecule has 4 amide bonds. The first-order chi connectivity index (χ1) is 27.9. The SMILES string of the molecule is CC(=N)N1C(=N)[C@H](CC(=O)NCCCCCCCCNC(=O)CNc2cccc(C=O)c2CNC2CCC(=O)NC2=O)N=C(c2ccc(Cl)cc2)c2c1sc(C)c2C. The zero-order chi connectivity index (χ0) is 41.8. The van der Waals surface area contributed by atoms with Crippen molar-refractivity contribution in [1.82, 2.24) is 21.3 Å². The molecule has 2 aliphatic rings. The number of hydrogen-bond donors (Lipinski definition) is 7. The minimum absolute atomic E-state index is 0.0119. The number of aldehydes is 1. The number of imide groups is 1. The van der Waals surface area contributed by atoms with Crippen molar-refractivity contribution in [3.63, 3.8) is 0 Å². The van der Waals surface area contributed by atoms with Crippen LogP contribution in [0.2, 0.25) is 5.02 Å². The lowest BCUT2D eigenvalue weighted by atomic mass is 9.99. The molecule has 2 aromatic carbocycles. The normalized spacial score (nSPS) is 16.5. The summed E-state index contributed by atoms with van der Waals surface area (Å²) in [6.45, 7) is 6.97. The largest absolute Gasteiger partial charge is 0.376 e. The van der Waals surface area contributed by atoms with Gasteiger partial charge in [0.25, 0.3) is 0 Å². The molecule has 1 saturated heterocycles. The van der Waals surface area contributed by atoms with Gasteiger partial charge >= 0.3 is 0 Å². The molecule has 0 saturated carbocycles. The quantitative estimate of drug-likeness (QED) is 0.0258. The van der Waals surface area contributed by atoms with Crippen LogP contribution in [0.5, 0.6) is 0 Å². The second kappa shape index (κ2) is 21.0. The van der Waals surface area contributed by atoms with E-state index in [1.807, 2.05) is 26.0 Å². The van der Waals surface area contributed by atoms with Gasteiger partial charge in [-0.2, -0.15) is 0 Å². The summed E-state index contributed by atoms with van der Waals surface area (Å²) >= 11 is 7.71. The van der Waals surface area contributed by atoms with E-state index in [-0.39, 0.29) is 61.2 Å². The summed E-state index contributed by atoms with van der Waals surface area (Å²) in [5, 5.41) is 33.4. The number of amidine groups is 2. The van der Waals surface area contributed by atoms with Crippen LogP contribution in [0, 0.1) is 24.7 Å². The van der Waals surface area contributed by atoms with E-state index in [0.29, 0.717) is 47.1 Å². The van der Waals surface area contributed by atoms with Crippen LogP contribution in [0.15, 0.2) is 47.5 Å². The Bertz CT molecular complexity index is 2070. The Kier molecular flexibility index (Phi) is 15.8. The number of benzene rings is 2. The van der Waals surface area contributed by atoms with Gasteiger partial charge in [-0.1, -0.05) is 61.5 Å². The van der Waals surface area contributed by atoms with Crippen molar-refractivity contribution >= 4 is 80.9 Å². The number of anilines is 2. The summed E-state index contributed by atoms with van der Waals surface area (Å²) in [4.78, 5) is 68.7. The molecule has 7 N–H and O–H groups in total. The van der Waals surface area contributed by atoms with Crippen molar-refractivity contribution < 1.29 is 24.0 Å². The van der Waals surface area contributed by atoms with Crippen LogP contribution in [-0.2, 0) is 25.7 Å². The fourth-order valence-electron chi connectivity index (χ4n) is 6.98. The number of carbonyl (C=O) groups excluding carboxylic acids is 5. The van der Waals surface area contributed by atoms with Crippen LogP contribution in [0.1, 0.15) is 102 Å². The molecule has 1 fully saturated rings. The molecule has 5 rings (SSSR count). The molecule has 1 unspecified atom stereocenters. The number of nitrogens with one attached hydrogen (secondary N) is 7. The number of piperidine rings is 1. The average molecular weight is 830 g/mol. The first kappa shape index (κ1) is 43.9. The molecule has 2 atom stereocenters. The summed E-state index contributed by atoms with van der Waals surface area (Å²) in [6, 6.07) is 11.2. The summed E-state index contributed by atoms with van der Waals surface area (Å²) in [6.07, 6.45) is 6.85. The molecule has 0 aliphatic carbocycles. The molecule has 0 radical (unpaired) electrons. The molecular formula is C42H52ClN9O5S. The number of rotatable bonds is 19. The smallest absolute Gasteiger partial charge is 0.243 e. The minimum atomic E-state index is -0.776. The van der Waals surface area contributed by atoms with Gasteiger partial charge in [0.2, 0.25) is 23.6 Å². The van der Waals surface area contributed by atoms with Gasteiger partial charge in [-0.15, -0.1) is 11.3 Å².